The molecule has 0 aromatic heterocycles. The Kier molecular flexibility index (Phi) is 3.62. The van der Waals surface area contributed by atoms with E-state index in [1.165, 1.54) is 0 Å². The molecule has 1 atom stereocenters. The van der Waals surface area contributed by atoms with E-state index in [1.807, 2.05) is 6.92 Å². The predicted molar refractivity (Wildman–Crippen MR) is 36.5 cm³/mol. The molecule has 1 nitrogen and oxygen atoms in total. The van der Waals surface area contributed by atoms with Crippen molar-refractivity contribution in [3.63, 3.8) is 0 Å². The third kappa shape index (κ3) is 3.03. The second-order valence-electron chi connectivity index (χ2n) is 1.07. The fourth-order valence-corrected chi connectivity index (χ4v) is 0.175. The van der Waals surface area contributed by atoms with Crippen molar-refractivity contribution >= 4 is 37.8 Å². The lowest BCUT2D eigenvalue weighted by Gasteiger charge is -1.90. The summed E-state index contributed by atoms with van der Waals surface area (Å²) in [4.78, 5) is 9.80. The van der Waals surface area contributed by atoms with Gasteiger partial charge in [0.2, 0.25) is 0 Å². The number of halogens is 2. The van der Waals surface area contributed by atoms with Crippen molar-refractivity contribution in [2.75, 3.05) is 0 Å². The van der Waals surface area contributed by atoms with Crippen LogP contribution in [0.5, 0.6) is 0 Å². The quantitative estimate of drug-likeness (QED) is 0.494. The van der Waals surface area contributed by atoms with Gasteiger partial charge in [-0.1, -0.05) is 15.9 Å². The van der Waals surface area contributed by atoms with Crippen LogP contribution in [0.15, 0.2) is 4.48 Å². The molecule has 0 fully saturated rings. The Labute approximate surface area is 59.0 Å². The monoisotopic (exact) mass is 226 g/mol. The number of carbonyl (C=O) groups excluding carboxylic acids is 1. The highest BCUT2D eigenvalue weighted by atomic mass is 79.9. The van der Waals surface area contributed by atoms with Gasteiger partial charge in [-0.25, -0.2) is 4.79 Å². The molecule has 0 spiro atoms. The molecular formula is C4H4Br2O. The van der Waals surface area contributed by atoms with Gasteiger partial charge >= 0.3 is 0 Å². The van der Waals surface area contributed by atoms with Crippen molar-refractivity contribution in [1.82, 2.24) is 0 Å². The maximum atomic E-state index is 9.71. The molecule has 7 heavy (non-hydrogen) atoms. The van der Waals surface area contributed by atoms with Crippen LogP contribution in [-0.2, 0) is 4.79 Å². The van der Waals surface area contributed by atoms with Gasteiger partial charge in [0.25, 0.3) is 0 Å². The smallest absolute Gasteiger partial charge is 0.136 e. The minimum absolute atomic E-state index is 0.0880. The number of alkyl halides is 1. The van der Waals surface area contributed by atoms with Crippen LogP contribution in [0.3, 0.4) is 0 Å². The van der Waals surface area contributed by atoms with Gasteiger partial charge in [-0.3, -0.25) is 0 Å². The summed E-state index contributed by atoms with van der Waals surface area (Å²) >= 11 is 6.14. The van der Waals surface area contributed by atoms with E-state index in [0.717, 1.165) is 0 Å². The second-order valence-corrected chi connectivity index (χ2v) is 3.29. The molecule has 0 aromatic rings. The Morgan fingerprint density at radius 1 is 1.86 bits per heavy atom. The van der Waals surface area contributed by atoms with E-state index in [1.54, 1.807) is 5.94 Å². The predicted octanol–water partition coefficient (Wildman–Crippen LogP) is 1.88. The molecule has 0 aliphatic rings. The molecule has 0 aliphatic heterocycles. The average molecular weight is 228 g/mol. The summed E-state index contributed by atoms with van der Waals surface area (Å²) in [7, 11) is 0. The van der Waals surface area contributed by atoms with Crippen LogP contribution in [0.1, 0.15) is 6.92 Å². The van der Waals surface area contributed by atoms with Gasteiger partial charge in [-0.15, -0.1) is 0 Å². The Bertz CT molecular complexity index is 102. The van der Waals surface area contributed by atoms with Crippen molar-refractivity contribution in [3.05, 3.63) is 4.48 Å². The number of allylic oxidation sites excluding steroid dienone is 1. The van der Waals surface area contributed by atoms with Crippen LogP contribution in [0.2, 0.25) is 0 Å². The third-order valence-corrected chi connectivity index (χ3v) is 2.37. The lowest BCUT2D eigenvalue weighted by atomic mass is 10.5. The van der Waals surface area contributed by atoms with Crippen molar-refractivity contribution in [2.24, 2.45) is 0 Å². The zero-order valence-corrected chi connectivity index (χ0v) is 6.91. The Balaban J connectivity index is 3.81. The van der Waals surface area contributed by atoms with Crippen LogP contribution < -0.4 is 0 Å². The molecule has 0 amide bonds. The molecule has 0 aliphatic carbocycles. The molecule has 1 unspecified atom stereocenters. The largest absolute Gasteiger partial charge is 0.233 e. The molecule has 0 bridgehead atoms. The Morgan fingerprint density at radius 3 is 2.29 bits per heavy atom. The first-order chi connectivity index (χ1) is 3.18. The minimum atomic E-state index is 0.0880. The fourth-order valence-electron chi connectivity index (χ4n) is 0.0812. The van der Waals surface area contributed by atoms with Gasteiger partial charge in [0, 0.05) is 0 Å². The maximum Gasteiger partial charge on any atom is 0.136 e. The molecule has 0 heterocycles. The average Bonchev–Trinajstić information content (AvgIpc) is 1.65. The first kappa shape index (κ1) is 7.41. The summed E-state index contributed by atoms with van der Waals surface area (Å²) in [6.07, 6.45) is 0. The molecule has 3 heteroatoms. The fraction of sp³-hybridized carbons (Fsp3) is 0.500. The van der Waals surface area contributed by atoms with Gasteiger partial charge < -0.3 is 0 Å². The SMILES string of the molecule is CC(Br)C(Br)=C=O. The van der Waals surface area contributed by atoms with E-state index in [0.29, 0.717) is 4.48 Å². The highest BCUT2D eigenvalue weighted by Crippen LogP contribution is 2.13. The molecule has 0 saturated carbocycles. The lowest BCUT2D eigenvalue weighted by Crippen LogP contribution is -1.86. The summed E-state index contributed by atoms with van der Waals surface area (Å²) in [5, 5.41) is 0. The molecular weight excluding hydrogens is 224 g/mol. The van der Waals surface area contributed by atoms with Gasteiger partial charge in [0.15, 0.2) is 0 Å². The number of hydrogen-bond donors (Lipinski definition) is 0. The van der Waals surface area contributed by atoms with E-state index in [9.17, 15) is 4.79 Å². The zero-order chi connectivity index (χ0) is 5.86. The van der Waals surface area contributed by atoms with Crippen LogP contribution in [0, 0.1) is 0 Å². The molecule has 0 N–H and O–H groups in total. The number of hydrogen-bond acceptors (Lipinski definition) is 1. The van der Waals surface area contributed by atoms with Crippen LogP contribution in [0.25, 0.3) is 0 Å². The summed E-state index contributed by atoms with van der Waals surface area (Å²) in [6, 6.07) is 0. The Morgan fingerprint density at radius 2 is 2.29 bits per heavy atom. The normalized spacial score (nSPS) is 12.4. The molecule has 0 rings (SSSR count). The van der Waals surface area contributed by atoms with Gasteiger partial charge in [-0.2, -0.15) is 0 Å². The van der Waals surface area contributed by atoms with Crippen molar-refractivity contribution in [3.8, 4) is 0 Å². The van der Waals surface area contributed by atoms with Crippen LogP contribution in [-0.4, -0.2) is 10.8 Å². The van der Waals surface area contributed by atoms with Gasteiger partial charge in [0.1, 0.15) is 5.94 Å². The first-order valence-corrected chi connectivity index (χ1v) is 3.44. The van der Waals surface area contributed by atoms with E-state index in [2.05, 4.69) is 31.9 Å². The van der Waals surface area contributed by atoms with E-state index in [-0.39, 0.29) is 4.83 Å². The van der Waals surface area contributed by atoms with Gasteiger partial charge in [0.05, 0.1) is 9.31 Å². The second kappa shape index (κ2) is 3.42. The van der Waals surface area contributed by atoms with Crippen molar-refractivity contribution in [2.45, 2.75) is 11.8 Å². The van der Waals surface area contributed by atoms with Crippen LogP contribution in [0.4, 0.5) is 0 Å². The van der Waals surface area contributed by atoms with Crippen LogP contribution >= 0.6 is 31.9 Å². The molecule has 0 radical (unpaired) electrons. The van der Waals surface area contributed by atoms with E-state index >= 15 is 0 Å². The standard InChI is InChI=1S/C4H4Br2O/c1-3(5)4(6)2-7/h3H,1H3. The summed E-state index contributed by atoms with van der Waals surface area (Å²) in [6.45, 7) is 1.84. The molecule has 0 aromatic carbocycles. The van der Waals surface area contributed by atoms with Crippen molar-refractivity contribution in [1.29, 1.82) is 0 Å². The third-order valence-electron chi connectivity index (χ3n) is 0.447. The van der Waals surface area contributed by atoms with Crippen molar-refractivity contribution < 1.29 is 4.79 Å². The molecule has 40 valence electrons. The topological polar surface area (TPSA) is 17.1 Å². The highest BCUT2D eigenvalue weighted by molar-refractivity contribution is 9.14. The minimum Gasteiger partial charge on any atom is -0.233 e. The lowest BCUT2D eigenvalue weighted by molar-refractivity contribution is 0.568. The zero-order valence-electron chi connectivity index (χ0n) is 3.74. The Hall–Kier alpha value is 0.410. The summed E-state index contributed by atoms with van der Waals surface area (Å²) in [5.41, 5.74) is 0. The summed E-state index contributed by atoms with van der Waals surface area (Å²) < 4.78 is 0.521. The summed E-state index contributed by atoms with van der Waals surface area (Å²) in [5.74, 6) is 1.70. The van der Waals surface area contributed by atoms with E-state index in [4.69, 9.17) is 0 Å². The van der Waals surface area contributed by atoms with Gasteiger partial charge in [-0.05, 0) is 22.9 Å². The number of rotatable bonds is 1. The first-order valence-electron chi connectivity index (χ1n) is 1.73. The highest BCUT2D eigenvalue weighted by Gasteiger charge is 1.97. The van der Waals surface area contributed by atoms with E-state index < -0.39 is 0 Å². The maximum absolute atomic E-state index is 9.71. The molecule has 0 saturated heterocycles.